The summed E-state index contributed by atoms with van der Waals surface area (Å²) in [7, 11) is -1.04. The van der Waals surface area contributed by atoms with Gasteiger partial charge in [-0.05, 0) is 85.9 Å². The second-order valence-electron chi connectivity index (χ2n) is 12.8. The van der Waals surface area contributed by atoms with Crippen molar-refractivity contribution in [3.63, 3.8) is 0 Å². The van der Waals surface area contributed by atoms with E-state index in [0.717, 1.165) is 43.2 Å². The van der Waals surface area contributed by atoms with E-state index >= 15 is 0 Å². The van der Waals surface area contributed by atoms with Crippen LogP contribution in [0.1, 0.15) is 32.3 Å². The summed E-state index contributed by atoms with van der Waals surface area (Å²) in [6, 6.07) is 9.34. The molecule has 2 N–H and O–H groups in total. The van der Waals surface area contributed by atoms with Crippen molar-refractivity contribution in [1.29, 1.82) is 0 Å². The number of piperidine rings is 1. The van der Waals surface area contributed by atoms with E-state index in [9.17, 15) is 4.57 Å². The lowest BCUT2D eigenvalue weighted by molar-refractivity contribution is 0.00209. The van der Waals surface area contributed by atoms with Crippen molar-refractivity contribution in [3.8, 4) is 5.75 Å². The second-order valence-corrected chi connectivity index (χ2v) is 16.8. The summed E-state index contributed by atoms with van der Waals surface area (Å²) in [5.41, 5.74) is 5.12. The number of rotatable bonds is 11. The second kappa shape index (κ2) is 14.0. The van der Waals surface area contributed by atoms with Gasteiger partial charge in [0, 0.05) is 68.6 Å². The van der Waals surface area contributed by atoms with Crippen LogP contribution in [0.3, 0.4) is 0 Å². The fourth-order valence-electron chi connectivity index (χ4n) is 6.94. The molecule has 2 aliphatic heterocycles. The van der Waals surface area contributed by atoms with E-state index in [1.165, 1.54) is 31.6 Å². The molecule has 0 saturated carbocycles. The molecule has 0 radical (unpaired) electrons. The number of likely N-dealkylation sites (N-methyl/N-ethyl adjacent to an activating group) is 1. The number of benzene rings is 2. The first-order chi connectivity index (χ1) is 22.6. The Labute approximate surface area is 286 Å². The van der Waals surface area contributed by atoms with Gasteiger partial charge < -0.3 is 24.8 Å². The Bertz CT molecular complexity index is 1780. The van der Waals surface area contributed by atoms with E-state index in [1.807, 2.05) is 12.1 Å². The smallest absolute Gasteiger partial charge is 0.229 e. The van der Waals surface area contributed by atoms with E-state index in [-0.39, 0.29) is 0 Å². The number of anilines is 5. The van der Waals surface area contributed by atoms with Gasteiger partial charge >= 0.3 is 0 Å². The maximum absolute atomic E-state index is 13.4. The van der Waals surface area contributed by atoms with E-state index in [0.29, 0.717) is 50.3 Å². The third kappa shape index (κ3) is 7.11. The van der Waals surface area contributed by atoms with Gasteiger partial charge in [0.05, 0.1) is 33.8 Å². The van der Waals surface area contributed by atoms with Gasteiger partial charge in [0.15, 0.2) is 0 Å². The van der Waals surface area contributed by atoms with Crippen LogP contribution in [-0.4, -0.2) is 102 Å². The third-order valence-corrected chi connectivity index (χ3v) is 11.6. The Balaban J connectivity index is 1.17. The van der Waals surface area contributed by atoms with Gasteiger partial charge in [-0.3, -0.25) is 19.8 Å². The number of nitrogens with one attached hydrogen (secondary N) is 2. The van der Waals surface area contributed by atoms with Gasteiger partial charge in [-0.25, -0.2) is 4.98 Å². The maximum Gasteiger partial charge on any atom is 0.229 e. The first kappa shape index (κ1) is 33.6. The molecule has 47 heavy (non-hydrogen) atoms. The highest BCUT2D eigenvalue weighted by molar-refractivity contribution is 9.10. The number of aryl methyl sites for hydroxylation is 1. The topological polar surface area (TPSA) is 112 Å². The number of fused-ring (bicyclic) bond motifs is 1. The van der Waals surface area contributed by atoms with Crippen LogP contribution in [0.4, 0.5) is 28.8 Å². The minimum atomic E-state index is -2.73. The average Bonchev–Trinajstić information content (AvgIpc) is 3.03. The molecule has 13 heteroatoms. The minimum absolute atomic E-state index is 0.401. The van der Waals surface area contributed by atoms with Crippen molar-refractivity contribution >= 4 is 68.2 Å². The van der Waals surface area contributed by atoms with Crippen LogP contribution in [0.5, 0.6) is 5.75 Å². The fraction of sp³-hybridized carbons (Fsp3) is 0.471. The normalized spacial score (nSPS) is 16.5. The Hall–Kier alpha value is -3.31. The van der Waals surface area contributed by atoms with Crippen molar-refractivity contribution in [3.05, 3.63) is 52.9 Å². The summed E-state index contributed by atoms with van der Waals surface area (Å²) < 4.78 is 19.9. The molecule has 2 aromatic heterocycles. The minimum Gasteiger partial charge on any atom is -0.494 e. The quantitative estimate of drug-likeness (QED) is 0.172. The van der Waals surface area contributed by atoms with Crippen LogP contribution >= 0.6 is 23.1 Å². The lowest BCUT2D eigenvalue weighted by Crippen LogP contribution is -2.63. The highest BCUT2D eigenvalue weighted by Crippen LogP contribution is 2.42. The molecule has 2 aromatic carbocycles. The molecule has 2 fully saturated rings. The summed E-state index contributed by atoms with van der Waals surface area (Å²) in [5, 5.41) is 7.37. The van der Waals surface area contributed by atoms with Crippen LogP contribution < -0.4 is 25.6 Å². The molecule has 0 aliphatic carbocycles. The Morgan fingerprint density at radius 3 is 2.43 bits per heavy atom. The fourth-order valence-corrected chi connectivity index (χ4v) is 8.63. The number of halogens is 1. The zero-order valence-electron chi connectivity index (χ0n) is 28.1. The monoisotopic (exact) mass is 721 g/mol. The first-order valence-electron chi connectivity index (χ1n) is 16.4. The zero-order chi connectivity index (χ0) is 33.3. The SMILES string of the molecule is CCN(CC)C1CN(C2CCN(c3cc(OC)c(Nc4ncc(Br)c(Nc5ccc6nccnc6c5P(C)(C)=O)n4)cc3C)CC2)C1. The standard InChI is InChI=1S/C34H45BrN9O2P/c1-7-42(8-2)24-20-44(21-24)23-11-15-43(16-12-23)29-18-30(46-4)28(17-22(29)3)40-34-38-19-25(35)33(41-34)39-27-10-9-26-31(37-14-13-36-26)32(27)47(5,6)45/h9-10,13-14,17-19,23-24H,7-8,11-12,15-16,20-21H2,1-6H3,(H2,38,39,40,41). The molecule has 0 unspecified atom stereocenters. The van der Waals surface area contributed by atoms with E-state index in [2.05, 4.69) is 89.1 Å². The number of ether oxygens (including phenoxy) is 1. The molecule has 2 saturated heterocycles. The molecule has 250 valence electrons. The van der Waals surface area contributed by atoms with Crippen molar-refractivity contribution in [1.82, 2.24) is 29.7 Å². The molecule has 0 atom stereocenters. The van der Waals surface area contributed by atoms with E-state index in [1.54, 1.807) is 39.0 Å². The summed E-state index contributed by atoms with van der Waals surface area (Å²) in [6.45, 7) is 16.9. The number of methoxy groups -OCH3 is 1. The molecular formula is C34H45BrN9O2P. The molecule has 6 rings (SSSR count). The Morgan fingerprint density at radius 1 is 1.02 bits per heavy atom. The van der Waals surface area contributed by atoms with Crippen LogP contribution in [-0.2, 0) is 4.57 Å². The Kier molecular flexibility index (Phi) is 10.0. The van der Waals surface area contributed by atoms with Crippen LogP contribution in [0.15, 0.2) is 47.3 Å². The third-order valence-electron chi connectivity index (χ3n) is 9.45. The van der Waals surface area contributed by atoms with E-state index in [4.69, 9.17) is 9.72 Å². The Morgan fingerprint density at radius 2 is 1.74 bits per heavy atom. The molecule has 0 bridgehead atoms. The van der Waals surface area contributed by atoms with Crippen LogP contribution in [0.2, 0.25) is 0 Å². The molecule has 2 aliphatic rings. The average molecular weight is 723 g/mol. The molecule has 0 spiro atoms. The summed E-state index contributed by atoms with van der Waals surface area (Å²) in [5.74, 6) is 1.66. The van der Waals surface area contributed by atoms with Crippen LogP contribution in [0.25, 0.3) is 11.0 Å². The lowest BCUT2D eigenvalue weighted by atomic mass is 9.96. The summed E-state index contributed by atoms with van der Waals surface area (Å²) in [6.07, 6.45) is 7.29. The highest BCUT2D eigenvalue weighted by Gasteiger charge is 2.36. The lowest BCUT2D eigenvalue weighted by Gasteiger charge is -2.50. The first-order valence-corrected chi connectivity index (χ1v) is 19.8. The van der Waals surface area contributed by atoms with Gasteiger partial charge in [-0.2, -0.15) is 4.98 Å². The maximum atomic E-state index is 13.4. The van der Waals surface area contributed by atoms with Crippen molar-refractivity contribution in [2.45, 2.75) is 45.7 Å². The molecule has 11 nitrogen and oxygen atoms in total. The van der Waals surface area contributed by atoms with Gasteiger partial charge in [-0.15, -0.1) is 0 Å². The molecule has 4 heterocycles. The largest absolute Gasteiger partial charge is 0.494 e. The molecule has 0 amide bonds. The van der Waals surface area contributed by atoms with Crippen molar-refractivity contribution < 1.29 is 9.30 Å². The van der Waals surface area contributed by atoms with Crippen LogP contribution in [0, 0.1) is 6.92 Å². The predicted octanol–water partition coefficient (Wildman–Crippen LogP) is 6.23. The number of likely N-dealkylation sites (tertiary alicyclic amines) is 1. The van der Waals surface area contributed by atoms with Gasteiger partial charge in [0.1, 0.15) is 24.2 Å². The summed E-state index contributed by atoms with van der Waals surface area (Å²) in [4.78, 5) is 25.9. The van der Waals surface area contributed by atoms with Crippen molar-refractivity contribution in [2.24, 2.45) is 0 Å². The van der Waals surface area contributed by atoms with Crippen molar-refractivity contribution in [2.75, 3.05) is 75.2 Å². The van der Waals surface area contributed by atoms with Gasteiger partial charge in [0.25, 0.3) is 0 Å². The molecular weight excluding hydrogens is 677 g/mol. The zero-order valence-corrected chi connectivity index (χ0v) is 30.6. The summed E-state index contributed by atoms with van der Waals surface area (Å²) >= 11 is 3.58. The number of aromatic nitrogens is 4. The van der Waals surface area contributed by atoms with Gasteiger partial charge in [0.2, 0.25) is 5.95 Å². The number of hydrogen-bond donors (Lipinski definition) is 2. The number of nitrogens with zero attached hydrogens (tertiary/aromatic N) is 7. The number of hydrogen-bond acceptors (Lipinski definition) is 11. The highest BCUT2D eigenvalue weighted by atomic mass is 79.9. The van der Waals surface area contributed by atoms with E-state index < -0.39 is 7.14 Å². The van der Waals surface area contributed by atoms with Gasteiger partial charge in [-0.1, -0.05) is 13.8 Å². The molecule has 4 aromatic rings. The predicted molar refractivity (Wildman–Crippen MR) is 196 cm³/mol.